The monoisotopic (exact) mass is 523 g/mol. The molecule has 2 heterocycles. The molecule has 0 unspecified atom stereocenters. The lowest BCUT2D eigenvalue weighted by Crippen LogP contribution is -2.49. The number of benzene rings is 2. The molecular formula is C27H30FN5O5. The molecule has 2 aromatic carbocycles. The molecule has 4 rings (SSSR count). The predicted octanol–water partition coefficient (Wildman–Crippen LogP) is 2.61. The number of hydrogen-bond donors (Lipinski definition) is 2. The van der Waals surface area contributed by atoms with Gasteiger partial charge in [0.15, 0.2) is 5.43 Å². The van der Waals surface area contributed by atoms with E-state index >= 15 is 4.39 Å². The van der Waals surface area contributed by atoms with Gasteiger partial charge in [-0.2, -0.15) is 0 Å². The molecule has 0 atom stereocenters. The lowest BCUT2D eigenvalue weighted by molar-refractivity contribution is -0.118. The summed E-state index contributed by atoms with van der Waals surface area (Å²) >= 11 is 0. The normalized spacial score (nSPS) is 13.3. The van der Waals surface area contributed by atoms with Crippen molar-refractivity contribution in [2.45, 2.75) is 27.0 Å². The van der Waals surface area contributed by atoms with Gasteiger partial charge in [-0.3, -0.25) is 14.4 Å². The topological polar surface area (TPSA) is 113 Å². The highest BCUT2D eigenvalue weighted by Crippen LogP contribution is 2.26. The minimum absolute atomic E-state index is 0.0627. The van der Waals surface area contributed by atoms with E-state index < -0.39 is 11.9 Å². The Morgan fingerprint density at radius 2 is 1.82 bits per heavy atom. The first-order valence-electron chi connectivity index (χ1n) is 12.4. The van der Waals surface area contributed by atoms with Gasteiger partial charge < -0.3 is 29.7 Å². The van der Waals surface area contributed by atoms with E-state index in [1.165, 1.54) is 6.07 Å². The molecule has 11 heteroatoms. The fraction of sp³-hybridized carbons (Fsp3) is 0.333. The zero-order chi connectivity index (χ0) is 27.2. The van der Waals surface area contributed by atoms with E-state index in [0.717, 1.165) is 5.56 Å². The number of nitrogens with one attached hydrogen (secondary N) is 2. The van der Waals surface area contributed by atoms with Crippen LogP contribution in [0.15, 0.2) is 47.4 Å². The van der Waals surface area contributed by atoms with Gasteiger partial charge in [0.1, 0.15) is 12.4 Å². The van der Waals surface area contributed by atoms with Gasteiger partial charge >= 0.3 is 6.09 Å². The van der Waals surface area contributed by atoms with Crippen LogP contribution in [-0.4, -0.2) is 60.6 Å². The fourth-order valence-electron chi connectivity index (χ4n) is 4.44. The SMILES string of the molecule is CCn1cc(C)c(=O)c2cc(F)c(N3CCN(C(=O)OCc4ccc(NC(=O)CNC=O)cc4)CC3)cc21. The van der Waals surface area contributed by atoms with Crippen molar-refractivity contribution < 1.29 is 23.5 Å². The average Bonchev–Trinajstić information content (AvgIpc) is 2.93. The van der Waals surface area contributed by atoms with Gasteiger partial charge in [0.2, 0.25) is 12.3 Å². The molecule has 0 spiro atoms. The number of anilines is 2. The van der Waals surface area contributed by atoms with Crippen molar-refractivity contribution in [2.24, 2.45) is 0 Å². The number of aryl methyl sites for hydroxylation is 2. The molecule has 1 aliphatic heterocycles. The Kier molecular flexibility index (Phi) is 8.25. The largest absolute Gasteiger partial charge is 0.445 e. The number of fused-ring (bicyclic) bond motifs is 1. The second-order valence-corrected chi connectivity index (χ2v) is 9.02. The number of carbonyl (C=O) groups excluding carboxylic acids is 3. The zero-order valence-corrected chi connectivity index (χ0v) is 21.3. The summed E-state index contributed by atoms with van der Waals surface area (Å²) in [4.78, 5) is 50.5. The van der Waals surface area contributed by atoms with E-state index in [1.807, 2.05) is 16.4 Å². The Bertz CT molecular complexity index is 1400. The smallest absolute Gasteiger partial charge is 0.410 e. The van der Waals surface area contributed by atoms with Gasteiger partial charge in [-0.15, -0.1) is 0 Å². The minimum atomic E-state index is -0.462. The van der Waals surface area contributed by atoms with Gasteiger partial charge in [-0.25, -0.2) is 9.18 Å². The van der Waals surface area contributed by atoms with Crippen molar-refractivity contribution in [3.05, 3.63) is 69.8 Å². The van der Waals surface area contributed by atoms with Crippen molar-refractivity contribution >= 4 is 40.7 Å². The number of hydrogen-bond acceptors (Lipinski definition) is 6. The average molecular weight is 524 g/mol. The highest BCUT2D eigenvalue weighted by molar-refractivity contribution is 5.93. The number of piperazine rings is 1. The van der Waals surface area contributed by atoms with Crippen molar-refractivity contribution in [1.82, 2.24) is 14.8 Å². The number of ether oxygens (including phenoxy) is 1. The van der Waals surface area contributed by atoms with Crippen molar-refractivity contribution in [3.8, 4) is 0 Å². The van der Waals surface area contributed by atoms with E-state index in [1.54, 1.807) is 48.4 Å². The molecule has 3 aromatic rings. The van der Waals surface area contributed by atoms with Gasteiger partial charge in [0.25, 0.3) is 0 Å². The summed E-state index contributed by atoms with van der Waals surface area (Å²) in [5, 5.41) is 5.29. The third-order valence-corrected chi connectivity index (χ3v) is 6.49. The Balaban J connectivity index is 1.33. The summed E-state index contributed by atoms with van der Waals surface area (Å²) in [7, 11) is 0. The number of carbonyl (C=O) groups is 3. The standard InChI is InChI=1S/C27H30FN5O5/c1-3-31-15-18(2)26(36)21-12-22(28)24(13-23(21)31)32-8-10-33(11-9-32)27(37)38-16-19-4-6-20(7-5-19)30-25(35)14-29-17-34/h4-7,12-13,15,17H,3,8-11,14,16H2,1-2H3,(H,29,34)(H,30,35). The number of aromatic nitrogens is 1. The molecule has 1 aliphatic rings. The summed E-state index contributed by atoms with van der Waals surface area (Å²) in [6.07, 6.45) is 1.78. The van der Waals surface area contributed by atoms with Gasteiger partial charge in [-0.05, 0) is 43.7 Å². The van der Waals surface area contributed by atoms with Crippen LogP contribution in [0.25, 0.3) is 10.9 Å². The molecule has 1 fully saturated rings. The maximum atomic E-state index is 15.0. The molecule has 0 radical (unpaired) electrons. The Labute approximate surface area is 219 Å². The van der Waals surface area contributed by atoms with Crippen LogP contribution in [0, 0.1) is 12.7 Å². The lowest BCUT2D eigenvalue weighted by Gasteiger charge is -2.35. The summed E-state index contributed by atoms with van der Waals surface area (Å²) < 4.78 is 22.4. The van der Waals surface area contributed by atoms with Crippen LogP contribution in [0.2, 0.25) is 0 Å². The van der Waals surface area contributed by atoms with E-state index in [-0.39, 0.29) is 24.5 Å². The van der Waals surface area contributed by atoms with E-state index in [9.17, 15) is 19.2 Å². The third-order valence-electron chi connectivity index (χ3n) is 6.49. The molecule has 0 saturated carbocycles. The lowest BCUT2D eigenvalue weighted by atomic mass is 10.1. The predicted molar refractivity (Wildman–Crippen MR) is 142 cm³/mol. The zero-order valence-electron chi connectivity index (χ0n) is 21.3. The van der Waals surface area contributed by atoms with Crippen LogP contribution in [0.4, 0.5) is 20.6 Å². The summed E-state index contributed by atoms with van der Waals surface area (Å²) in [5.74, 6) is -0.813. The number of nitrogens with zero attached hydrogens (tertiary/aromatic N) is 3. The third kappa shape index (κ3) is 5.93. The second-order valence-electron chi connectivity index (χ2n) is 9.02. The maximum absolute atomic E-state index is 15.0. The number of pyridine rings is 1. The first-order chi connectivity index (χ1) is 18.3. The molecular weight excluding hydrogens is 493 g/mol. The Morgan fingerprint density at radius 1 is 1.11 bits per heavy atom. The summed E-state index contributed by atoms with van der Waals surface area (Å²) in [5.41, 5.74) is 2.80. The van der Waals surface area contributed by atoms with E-state index in [4.69, 9.17) is 4.74 Å². The number of rotatable bonds is 8. The highest BCUT2D eigenvalue weighted by atomic mass is 19.1. The summed E-state index contributed by atoms with van der Waals surface area (Å²) in [6, 6.07) is 9.84. The van der Waals surface area contributed by atoms with Crippen LogP contribution in [0.1, 0.15) is 18.1 Å². The molecule has 3 amide bonds. The van der Waals surface area contributed by atoms with E-state index in [2.05, 4.69) is 10.6 Å². The van der Waals surface area contributed by atoms with Crippen LogP contribution >= 0.6 is 0 Å². The van der Waals surface area contributed by atoms with Crippen LogP contribution in [0.3, 0.4) is 0 Å². The van der Waals surface area contributed by atoms with E-state index in [0.29, 0.717) is 67.0 Å². The molecule has 2 N–H and O–H groups in total. The molecule has 1 aromatic heterocycles. The maximum Gasteiger partial charge on any atom is 0.410 e. The van der Waals surface area contributed by atoms with Crippen molar-refractivity contribution in [3.63, 3.8) is 0 Å². The minimum Gasteiger partial charge on any atom is -0.445 e. The molecule has 1 saturated heterocycles. The molecule has 38 heavy (non-hydrogen) atoms. The highest BCUT2D eigenvalue weighted by Gasteiger charge is 2.25. The van der Waals surface area contributed by atoms with Gasteiger partial charge in [0.05, 0.1) is 17.7 Å². The molecule has 10 nitrogen and oxygen atoms in total. The fourth-order valence-corrected chi connectivity index (χ4v) is 4.44. The van der Waals surface area contributed by atoms with Crippen LogP contribution < -0.4 is 21.0 Å². The van der Waals surface area contributed by atoms with Crippen LogP contribution in [0.5, 0.6) is 0 Å². The summed E-state index contributed by atoms with van der Waals surface area (Å²) in [6.45, 7) is 5.87. The number of amides is 3. The van der Waals surface area contributed by atoms with Crippen LogP contribution in [-0.2, 0) is 27.5 Å². The first kappa shape index (κ1) is 26.6. The first-order valence-corrected chi connectivity index (χ1v) is 12.4. The van der Waals surface area contributed by atoms with Crippen molar-refractivity contribution in [2.75, 3.05) is 42.9 Å². The molecule has 0 aliphatic carbocycles. The quantitative estimate of drug-likeness (QED) is 0.439. The van der Waals surface area contributed by atoms with Crippen molar-refractivity contribution in [1.29, 1.82) is 0 Å². The Hall–Kier alpha value is -4.41. The second kappa shape index (κ2) is 11.8. The van der Waals surface area contributed by atoms with Gasteiger partial charge in [-0.1, -0.05) is 12.1 Å². The molecule has 0 bridgehead atoms. The van der Waals surface area contributed by atoms with Gasteiger partial charge in [0, 0.05) is 55.6 Å². The number of halogens is 1. The molecule has 200 valence electrons. The Morgan fingerprint density at radius 3 is 2.47 bits per heavy atom.